The summed E-state index contributed by atoms with van der Waals surface area (Å²) in [7, 11) is 0. The number of benzene rings is 1. The van der Waals surface area contributed by atoms with Crippen LogP contribution >= 0.6 is 0 Å². The Bertz CT molecular complexity index is 669. The first-order chi connectivity index (χ1) is 12.1. The number of rotatable bonds is 7. The van der Waals surface area contributed by atoms with Gasteiger partial charge in [0.15, 0.2) is 0 Å². The van der Waals surface area contributed by atoms with Gasteiger partial charge in [-0.1, -0.05) is 6.92 Å². The number of carbonyl (C=O) groups is 1. The van der Waals surface area contributed by atoms with Gasteiger partial charge in [-0.25, -0.2) is 0 Å². The molecule has 1 aliphatic heterocycles. The van der Waals surface area contributed by atoms with Gasteiger partial charge in [0.1, 0.15) is 18.4 Å². The lowest BCUT2D eigenvalue weighted by atomic mass is 10.2. The standard InChI is InChI=1S/C19H26N4O2/c1-15-8-11-22(14-15)12-13-25-18-6-4-17(5-7-18)21-19(24)16(2)23-10-3-9-20-23/h3-7,9-10,15-16H,8,11-14H2,1-2H3,(H,21,24)/t15-,16+/m0/s1. The number of ether oxygens (including phenoxy) is 1. The second kappa shape index (κ2) is 8.16. The Labute approximate surface area is 148 Å². The summed E-state index contributed by atoms with van der Waals surface area (Å²) in [5, 5.41) is 7.00. The largest absolute Gasteiger partial charge is 0.492 e. The molecule has 2 atom stereocenters. The SMILES string of the molecule is C[C@H]1CCN(CCOc2ccc(NC(=O)[C@@H](C)n3cccn3)cc2)C1. The maximum atomic E-state index is 12.2. The zero-order valence-corrected chi connectivity index (χ0v) is 14.9. The minimum Gasteiger partial charge on any atom is -0.492 e. The van der Waals surface area contributed by atoms with Crippen LogP contribution < -0.4 is 10.1 Å². The van der Waals surface area contributed by atoms with Crippen LogP contribution in [0.15, 0.2) is 42.7 Å². The Kier molecular flexibility index (Phi) is 5.71. The average molecular weight is 342 g/mol. The molecule has 1 saturated heterocycles. The first kappa shape index (κ1) is 17.5. The number of amides is 1. The van der Waals surface area contributed by atoms with Gasteiger partial charge < -0.3 is 10.1 Å². The van der Waals surface area contributed by atoms with Gasteiger partial charge in [0.2, 0.25) is 5.91 Å². The van der Waals surface area contributed by atoms with Crippen LogP contribution in [0.4, 0.5) is 5.69 Å². The van der Waals surface area contributed by atoms with Crippen molar-refractivity contribution in [2.45, 2.75) is 26.3 Å². The number of hydrogen-bond acceptors (Lipinski definition) is 4. The summed E-state index contributed by atoms with van der Waals surface area (Å²) in [6.45, 7) is 8.10. The molecule has 1 aromatic heterocycles. The third kappa shape index (κ3) is 4.82. The molecule has 6 heteroatoms. The van der Waals surface area contributed by atoms with E-state index >= 15 is 0 Å². The van der Waals surface area contributed by atoms with E-state index in [1.807, 2.05) is 31.2 Å². The highest BCUT2D eigenvalue weighted by atomic mass is 16.5. The molecule has 1 N–H and O–H groups in total. The zero-order chi connectivity index (χ0) is 17.6. The van der Waals surface area contributed by atoms with Crippen molar-refractivity contribution >= 4 is 11.6 Å². The van der Waals surface area contributed by atoms with E-state index in [-0.39, 0.29) is 11.9 Å². The molecule has 0 saturated carbocycles. The normalized spacial score (nSPS) is 18.9. The van der Waals surface area contributed by atoms with Gasteiger partial charge in [0.25, 0.3) is 0 Å². The van der Waals surface area contributed by atoms with Crippen LogP contribution in [0.3, 0.4) is 0 Å². The first-order valence-corrected chi connectivity index (χ1v) is 8.87. The topological polar surface area (TPSA) is 59.4 Å². The number of aromatic nitrogens is 2. The molecule has 25 heavy (non-hydrogen) atoms. The third-order valence-corrected chi connectivity index (χ3v) is 4.61. The third-order valence-electron chi connectivity index (χ3n) is 4.61. The maximum absolute atomic E-state index is 12.2. The van der Waals surface area contributed by atoms with Crippen LogP contribution in [0.25, 0.3) is 0 Å². The maximum Gasteiger partial charge on any atom is 0.248 e. The van der Waals surface area contributed by atoms with Crippen molar-refractivity contribution in [2.24, 2.45) is 5.92 Å². The molecule has 0 spiro atoms. The van der Waals surface area contributed by atoms with Gasteiger partial charge in [0.05, 0.1) is 0 Å². The lowest BCUT2D eigenvalue weighted by Gasteiger charge is -2.16. The Balaban J connectivity index is 1.44. The molecule has 1 amide bonds. The monoisotopic (exact) mass is 342 g/mol. The van der Waals surface area contributed by atoms with Gasteiger partial charge >= 0.3 is 0 Å². The molecule has 0 bridgehead atoms. The van der Waals surface area contributed by atoms with Crippen molar-refractivity contribution in [1.29, 1.82) is 0 Å². The molecule has 0 radical (unpaired) electrons. The fourth-order valence-corrected chi connectivity index (χ4v) is 3.03. The first-order valence-electron chi connectivity index (χ1n) is 8.87. The van der Waals surface area contributed by atoms with E-state index in [1.165, 1.54) is 19.5 Å². The number of likely N-dealkylation sites (tertiary alicyclic amines) is 1. The second-order valence-corrected chi connectivity index (χ2v) is 6.72. The molecule has 0 aliphatic carbocycles. The van der Waals surface area contributed by atoms with E-state index in [9.17, 15) is 4.79 Å². The molecule has 134 valence electrons. The Morgan fingerprint density at radius 3 is 2.84 bits per heavy atom. The molecule has 1 fully saturated rings. The van der Waals surface area contributed by atoms with Crippen LogP contribution in [-0.2, 0) is 4.79 Å². The number of nitrogens with one attached hydrogen (secondary N) is 1. The molecule has 2 aromatic rings. The van der Waals surface area contributed by atoms with Gasteiger partial charge in [-0.05, 0) is 56.1 Å². The Hall–Kier alpha value is -2.34. The number of carbonyl (C=O) groups excluding carboxylic acids is 1. The van der Waals surface area contributed by atoms with Crippen molar-refractivity contribution in [3.8, 4) is 5.75 Å². The van der Waals surface area contributed by atoms with Crippen LogP contribution in [-0.4, -0.2) is 46.8 Å². The number of hydrogen-bond donors (Lipinski definition) is 1. The van der Waals surface area contributed by atoms with E-state index in [0.717, 1.165) is 23.9 Å². The number of nitrogens with zero attached hydrogens (tertiary/aromatic N) is 3. The van der Waals surface area contributed by atoms with E-state index in [0.29, 0.717) is 6.61 Å². The van der Waals surface area contributed by atoms with Crippen molar-refractivity contribution in [3.05, 3.63) is 42.7 Å². The summed E-state index contributed by atoms with van der Waals surface area (Å²) in [4.78, 5) is 14.7. The zero-order valence-electron chi connectivity index (χ0n) is 14.9. The highest BCUT2D eigenvalue weighted by Gasteiger charge is 2.18. The summed E-state index contributed by atoms with van der Waals surface area (Å²) in [5.74, 6) is 1.53. The molecule has 2 heterocycles. The predicted octanol–water partition coefficient (Wildman–Crippen LogP) is 2.80. The predicted molar refractivity (Wildman–Crippen MR) is 97.7 cm³/mol. The lowest BCUT2D eigenvalue weighted by Crippen LogP contribution is -2.26. The molecule has 6 nitrogen and oxygen atoms in total. The summed E-state index contributed by atoms with van der Waals surface area (Å²) < 4.78 is 7.43. The minimum atomic E-state index is -0.353. The summed E-state index contributed by atoms with van der Waals surface area (Å²) in [5.41, 5.74) is 0.754. The summed E-state index contributed by atoms with van der Waals surface area (Å²) >= 11 is 0. The molecule has 1 aliphatic rings. The van der Waals surface area contributed by atoms with Crippen molar-refractivity contribution in [1.82, 2.24) is 14.7 Å². The second-order valence-electron chi connectivity index (χ2n) is 6.72. The highest BCUT2D eigenvalue weighted by Crippen LogP contribution is 2.18. The van der Waals surface area contributed by atoms with Crippen LogP contribution in [0.2, 0.25) is 0 Å². The molecular weight excluding hydrogens is 316 g/mol. The highest BCUT2D eigenvalue weighted by molar-refractivity contribution is 5.93. The quantitative estimate of drug-likeness (QED) is 0.840. The van der Waals surface area contributed by atoms with E-state index in [2.05, 4.69) is 22.2 Å². The molecule has 3 rings (SSSR count). The minimum absolute atomic E-state index is 0.0967. The van der Waals surface area contributed by atoms with E-state index in [4.69, 9.17) is 4.74 Å². The Morgan fingerprint density at radius 2 is 2.20 bits per heavy atom. The van der Waals surface area contributed by atoms with Crippen molar-refractivity contribution < 1.29 is 9.53 Å². The van der Waals surface area contributed by atoms with E-state index in [1.54, 1.807) is 23.1 Å². The fraction of sp³-hybridized carbons (Fsp3) is 0.474. The molecule has 0 unspecified atom stereocenters. The van der Waals surface area contributed by atoms with Gasteiger partial charge in [-0.2, -0.15) is 5.10 Å². The Morgan fingerprint density at radius 1 is 1.40 bits per heavy atom. The smallest absolute Gasteiger partial charge is 0.248 e. The van der Waals surface area contributed by atoms with Gasteiger partial charge in [-0.3, -0.25) is 14.4 Å². The van der Waals surface area contributed by atoms with Crippen LogP contribution in [0.5, 0.6) is 5.75 Å². The van der Waals surface area contributed by atoms with E-state index < -0.39 is 0 Å². The van der Waals surface area contributed by atoms with Crippen LogP contribution in [0.1, 0.15) is 26.3 Å². The van der Waals surface area contributed by atoms with Crippen LogP contribution in [0, 0.1) is 5.92 Å². The van der Waals surface area contributed by atoms with Gasteiger partial charge in [-0.15, -0.1) is 0 Å². The van der Waals surface area contributed by atoms with Crippen molar-refractivity contribution in [2.75, 3.05) is 31.6 Å². The summed E-state index contributed by atoms with van der Waals surface area (Å²) in [6, 6.07) is 8.95. The molecular formula is C19H26N4O2. The molecule has 1 aromatic carbocycles. The van der Waals surface area contributed by atoms with Gasteiger partial charge in [0, 0.05) is 31.2 Å². The average Bonchev–Trinajstić information content (AvgIpc) is 3.27. The number of anilines is 1. The van der Waals surface area contributed by atoms with Crippen molar-refractivity contribution in [3.63, 3.8) is 0 Å². The fourth-order valence-electron chi connectivity index (χ4n) is 3.03. The summed E-state index contributed by atoms with van der Waals surface area (Å²) in [6.07, 6.45) is 4.73. The lowest BCUT2D eigenvalue weighted by molar-refractivity contribution is -0.119.